The van der Waals surface area contributed by atoms with E-state index in [4.69, 9.17) is 4.84 Å². The lowest BCUT2D eigenvalue weighted by atomic mass is 10.5. The highest BCUT2D eigenvalue weighted by atomic mass is 16.7. The maximum absolute atomic E-state index is 12.2. The van der Waals surface area contributed by atoms with E-state index in [0.29, 0.717) is 17.0 Å². The van der Waals surface area contributed by atoms with E-state index in [0.717, 1.165) is 17.7 Å². The van der Waals surface area contributed by atoms with Crippen LogP contribution in [0.2, 0.25) is 0 Å². The molecular formula is C13H21N5O3. The molecule has 2 rings (SSSR count). The molecule has 0 N–H and O–H groups in total. The van der Waals surface area contributed by atoms with Crippen molar-refractivity contribution in [1.29, 1.82) is 0 Å². The largest absolute Gasteiger partial charge is 0.332 e. The van der Waals surface area contributed by atoms with Crippen molar-refractivity contribution < 1.29 is 4.84 Å². The molecule has 0 saturated heterocycles. The van der Waals surface area contributed by atoms with Crippen molar-refractivity contribution in [3.05, 3.63) is 26.7 Å². The monoisotopic (exact) mass is 295 g/mol. The molecule has 0 spiro atoms. The Hall–Kier alpha value is -1.93. The van der Waals surface area contributed by atoms with Crippen molar-refractivity contribution in [3.8, 4) is 0 Å². The van der Waals surface area contributed by atoms with Crippen molar-refractivity contribution in [3.63, 3.8) is 0 Å². The van der Waals surface area contributed by atoms with Crippen LogP contribution < -0.4 is 11.2 Å². The van der Waals surface area contributed by atoms with Gasteiger partial charge in [-0.2, -0.15) is 5.06 Å². The smallest absolute Gasteiger partial charge is 0.323 e. The molecule has 21 heavy (non-hydrogen) atoms. The van der Waals surface area contributed by atoms with Gasteiger partial charge in [-0.15, -0.1) is 0 Å². The first-order valence-electron chi connectivity index (χ1n) is 6.91. The highest BCUT2D eigenvalue weighted by Gasteiger charge is 2.17. The minimum atomic E-state index is -0.387. The molecule has 0 atom stereocenters. The molecule has 2 heterocycles. The van der Waals surface area contributed by atoms with Gasteiger partial charge in [-0.25, -0.2) is 9.78 Å². The normalized spacial score (nSPS) is 11.7. The van der Waals surface area contributed by atoms with E-state index in [9.17, 15) is 9.59 Å². The highest BCUT2D eigenvalue weighted by molar-refractivity contribution is 5.70. The molecule has 0 bridgehead atoms. The molecular weight excluding hydrogens is 274 g/mol. The standard InChI is InChI=1S/C13H21N5O3/c1-6-18(7-2)21-8-9-14-11-10(15(9)3)12(19)17(5)13(20)16(11)4/h6-8H2,1-5H3. The average Bonchev–Trinajstić information content (AvgIpc) is 2.81. The number of rotatable bonds is 5. The lowest BCUT2D eigenvalue weighted by Crippen LogP contribution is -2.37. The minimum absolute atomic E-state index is 0.254. The Morgan fingerprint density at radius 2 is 1.67 bits per heavy atom. The second kappa shape index (κ2) is 5.82. The molecule has 0 aliphatic rings. The number of nitrogens with zero attached hydrogens (tertiary/aromatic N) is 5. The first-order valence-corrected chi connectivity index (χ1v) is 6.91. The summed E-state index contributed by atoms with van der Waals surface area (Å²) in [5, 5.41) is 1.80. The van der Waals surface area contributed by atoms with Crippen LogP contribution in [0.25, 0.3) is 11.2 Å². The molecule has 0 aromatic carbocycles. The van der Waals surface area contributed by atoms with Crippen LogP contribution in [0.15, 0.2) is 9.59 Å². The van der Waals surface area contributed by atoms with Gasteiger partial charge in [-0.1, -0.05) is 13.8 Å². The molecule has 0 saturated carbocycles. The fourth-order valence-electron chi connectivity index (χ4n) is 2.25. The van der Waals surface area contributed by atoms with E-state index >= 15 is 0 Å². The van der Waals surface area contributed by atoms with Crippen LogP contribution in [0, 0.1) is 0 Å². The van der Waals surface area contributed by atoms with Gasteiger partial charge in [0, 0.05) is 34.2 Å². The van der Waals surface area contributed by atoms with E-state index in [-0.39, 0.29) is 17.9 Å². The second-order valence-electron chi connectivity index (χ2n) is 4.85. The van der Waals surface area contributed by atoms with Crippen LogP contribution in [0.4, 0.5) is 0 Å². The summed E-state index contributed by atoms with van der Waals surface area (Å²) < 4.78 is 4.14. The van der Waals surface area contributed by atoms with Gasteiger partial charge >= 0.3 is 5.69 Å². The number of aryl methyl sites for hydroxylation is 2. The molecule has 0 unspecified atom stereocenters. The van der Waals surface area contributed by atoms with Crippen molar-refractivity contribution in [2.24, 2.45) is 21.1 Å². The molecule has 0 amide bonds. The zero-order valence-corrected chi connectivity index (χ0v) is 13.1. The highest BCUT2D eigenvalue weighted by Crippen LogP contribution is 2.10. The van der Waals surface area contributed by atoms with Crippen molar-refractivity contribution in [2.45, 2.75) is 20.5 Å². The number of imidazole rings is 1. The number of hydroxylamine groups is 2. The molecule has 8 heteroatoms. The topological polar surface area (TPSA) is 74.3 Å². The summed E-state index contributed by atoms with van der Waals surface area (Å²) in [5.74, 6) is 0.607. The quantitative estimate of drug-likeness (QED) is 0.711. The first kappa shape index (κ1) is 15.5. The van der Waals surface area contributed by atoms with Crippen molar-refractivity contribution in [1.82, 2.24) is 23.7 Å². The number of hydrogen-bond acceptors (Lipinski definition) is 5. The Bertz CT molecular complexity index is 767. The van der Waals surface area contributed by atoms with Gasteiger partial charge in [0.25, 0.3) is 5.56 Å². The average molecular weight is 295 g/mol. The summed E-state index contributed by atoms with van der Waals surface area (Å²) in [7, 11) is 4.82. The van der Waals surface area contributed by atoms with Crippen LogP contribution in [0.3, 0.4) is 0 Å². The van der Waals surface area contributed by atoms with Crippen LogP contribution >= 0.6 is 0 Å². The SMILES string of the molecule is CCN(CC)OCc1nc2c(c(=O)n(C)c(=O)n2C)n1C. The molecule has 0 radical (unpaired) electrons. The number of aromatic nitrogens is 4. The van der Waals surface area contributed by atoms with E-state index < -0.39 is 0 Å². The van der Waals surface area contributed by atoms with Gasteiger partial charge < -0.3 is 4.57 Å². The summed E-state index contributed by atoms with van der Waals surface area (Å²) in [6, 6.07) is 0. The maximum Gasteiger partial charge on any atom is 0.332 e. The predicted octanol–water partition coefficient (Wildman–Crippen LogP) is -0.256. The summed E-state index contributed by atoms with van der Waals surface area (Å²) in [4.78, 5) is 34.2. The van der Waals surface area contributed by atoms with E-state index in [2.05, 4.69) is 4.98 Å². The van der Waals surface area contributed by atoms with E-state index in [1.807, 2.05) is 13.8 Å². The van der Waals surface area contributed by atoms with Crippen LogP contribution in [-0.2, 0) is 32.6 Å². The van der Waals surface area contributed by atoms with Gasteiger partial charge in [0.2, 0.25) is 0 Å². The molecule has 2 aromatic rings. The second-order valence-corrected chi connectivity index (χ2v) is 4.85. The van der Waals surface area contributed by atoms with E-state index in [1.165, 1.54) is 11.6 Å². The summed E-state index contributed by atoms with van der Waals surface area (Å²) in [6.45, 7) is 5.78. The Morgan fingerprint density at radius 1 is 1.05 bits per heavy atom. The van der Waals surface area contributed by atoms with Gasteiger partial charge in [-0.05, 0) is 0 Å². The Labute approximate surface area is 122 Å². The molecule has 0 aliphatic heterocycles. The summed E-state index contributed by atoms with van der Waals surface area (Å²) in [6.07, 6.45) is 0. The molecule has 2 aromatic heterocycles. The van der Waals surface area contributed by atoms with E-state index in [1.54, 1.807) is 23.7 Å². The lowest BCUT2D eigenvalue weighted by Gasteiger charge is -2.17. The maximum atomic E-state index is 12.2. The van der Waals surface area contributed by atoms with Crippen LogP contribution in [-0.4, -0.2) is 36.8 Å². The summed E-state index contributed by atoms with van der Waals surface area (Å²) >= 11 is 0. The lowest BCUT2D eigenvalue weighted by molar-refractivity contribution is -0.165. The third-order valence-electron chi connectivity index (χ3n) is 3.65. The zero-order chi connectivity index (χ0) is 15.7. The first-order chi connectivity index (χ1) is 9.92. The molecule has 0 aliphatic carbocycles. The zero-order valence-electron chi connectivity index (χ0n) is 13.1. The van der Waals surface area contributed by atoms with Crippen molar-refractivity contribution in [2.75, 3.05) is 13.1 Å². The van der Waals surface area contributed by atoms with Gasteiger partial charge in [-0.3, -0.25) is 18.8 Å². The number of hydrogen-bond donors (Lipinski definition) is 0. The predicted molar refractivity (Wildman–Crippen MR) is 78.9 cm³/mol. The number of fused-ring (bicyclic) bond motifs is 1. The molecule has 0 fully saturated rings. The molecule has 116 valence electrons. The minimum Gasteiger partial charge on any atom is -0.323 e. The van der Waals surface area contributed by atoms with Crippen LogP contribution in [0.1, 0.15) is 19.7 Å². The van der Waals surface area contributed by atoms with Gasteiger partial charge in [0.15, 0.2) is 11.2 Å². The van der Waals surface area contributed by atoms with Crippen molar-refractivity contribution >= 4 is 11.2 Å². The third kappa shape index (κ3) is 2.52. The summed E-state index contributed by atoms with van der Waals surface area (Å²) in [5.41, 5.74) is 0.0421. The van der Waals surface area contributed by atoms with Gasteiger partial charge in [0.1, 0.15) is 12.4 Å². The third-order valence-corrected chi connectivity index (χ3v) is 3.65. The Morgan fingerprint density at radius 3 is 2.24 bits per heavy atom. The fraction of sp³-hybridized carbons (Fsp3) is 0.615. The Balaban J connectivity index is 2.52. The molecule has 8 nitrogen and oxygen atoms in total. The Kier molecular flexibility index (Phi) is 4.29. The van der Waals surface area contributed by atoms with Gasteiger partial charge in [0.05, 0.1) is 0 Å². The van der Waals surface area contributed by atoms with Crippen LogP contribution in [0.5, 0.6) is 0 Å². The fourth-order valence-corrected chi connectivity index (χ4v) is 2.25.